The highest BCUT2D eigenvalue weighted by atomic mass is 32.1. The fraction of sp³-hybridized carbons (Fsp3) is 0.0204. The first kappa shape index (κ1) is 30.1. The van der Waals surface area contributed by atoms with Gasteiger partial charge in [0.25, 0.3) is 0 Å². The number of thiophene rings is 1. The molecule has 0 aliphatic heterocycles. The third-order valence-electron chi connectivity index (χ3n) is 10.9. The van der Waals surface area contributed by atoms with E-state index < -0.39 is 8.07 Å². The Morgan fingerprint density at radius 1 is 0.373 bits per heavy atom. The molecule has 0 radical (unpaired) electrons. The summed E-state index contributed by atoms with van der Waals surface area (Å²) in [6, 6.07) is 73.0. The van der Waals surface area contributed by atoms with E-state index >= 15 is 0 Å². The zero-order valence-corrected chi connectivity index (χ0v) is 29.9. The van der Waals surface area contributed by atoms with Crippen LogP contribution in [0.25, 0.3) is 53.6 Å². The fourth-order valence-electron chi connectivity index (χ4n) is 8.62. The molecule has 0 fully saturated rings. The molecule has 0 saturated carbocycles. The van der Waals surface area contributed by atoms with Crippen LogP contribution in [-0.4, -0.2) is 8.07 Å². The van der Waals surface area contributed by atoms with Crippen molar-refractivity contribution in [2.75, 3.05) is 0 Å². The number of benzene rings is 8. The van der Waals surface area contributed by atoms with Crippen molar-refractivity contribution in [2.45, 2.75) is 6.42 Å². The first-order valence-corrected chi connectivity index (χ1v) is 20.5. The number of fused-ring (bicyclic) bond motifs is 6. The van der Waals surface area contributed by atoms with E-state index in [0.717, 1.165) is 6.42 Å². The van der Waals surface area contributed by atoms with Gasteiger partial charge < -0.3 is 0 Å². The largest absolute Gasteiger partial charge is 0.179 e. The molecule has 51 heavy (non-hydrogen) atoms. The molecule has 0 nitrogen and oxygen atoms in total. The predicted molar refractivity (Wildman–Crippen MR) is 222 cm³/mol. The van der Waals surface area contributed by atoms with E-state index in [2.05, 4.69) is 194 Å². The van der Waals surface area contributed by atoms with Gasteiger partial charge in [-0.15, -0.1) is 11.3 Å². The van der Waals surface area contributed by atoms with Crippen LogP contribution in [0.5, 0.6) is 0 Å². The highest BCUT2D eigenvalue weighted by Gasteiger charge is 2.42. The zero-order valence-electron chi connectivity index (χ0n) is 28.1. The lowest BCUT2D eigenvalue weighted by Crippen LogP contribution is -2.74. The van der Waals surface area contributed by atoms with Gasteiger partial charge in [0, 0.05) is 20.2 Å². The van der Waals surface area contributed by atoms with E-state index in [0.29, 0.717) is 0 Å². The van der Waals surface area contributed by atoms with Gasteiger partial charge in [-0.1, -0.05) is 188 Å². The Kier molecular flexibility index (Phi) is 7.19. The van der Waals surface area contributed by atoms with Gasteiger partial charge in [-0.05, 0) is 77.7 Å². The van der Waals surface area contributed by atoms with E-state index in [1.807, 2.05) is 11.3 Å². The lowest BCUT2D eigenvalue weighted by Gasteiger charge is -2.35. The molecule has 0 saturated heterocycles. The van der Waals surface area contributed by atoms with Crippen LogP contribution in [0.2, 0.25) is 0 Å². The Labute approximate surface area is 304 Å². The Morgan fingerprint density at radius 2 is 0.882 bits per heavy atom. The van der Waals surface area contributed by atoms with E-state index in [1.165, 1.54) is 85.4 Å². The summed E-state index contributed by atoms with van der Waals surface area (Å²) in [5.41, 5.74) is 10.8. The van der Waals surface area contributed by atoms with Gasteiger partial charge in [-0.2, -0.15) is 0 Å². The lowest BCUT2D eigenvalue weighted by molar-refractivity contribution is 1.26. The minimum absolute atomic E-state index is 0.969. The molecule has 8 aromatic carbocycles. The number of hydrogen-bond acceptors (Lipinski definition) is 1. The topological polar surface area (TPSA) is 0 Å². The molecule has 1 aliphatic carbocycles. The summed E-state index contributed by atoms with van der Waals surface area (Å²) in [7, 11) is -2.81. The van der Waals surface area contributed by atoms with Crippen molar-refractivity contribution in [1.29, 1.82) is 0 Å². The molecule has 0 bridgehead atoms. The zero-order chi connectivity index (χ0) is 33.8. The monoisotopic (exact) mass is 682 g/mol. The summed E-state index contributed by atoms with van der Waals surface area (Å²) in [6.45, 7) is 0. The van der Waals surface area contributed by atoms with Crippen LogP contribution >= 0.6 is 11.3 Å². The molecule has 1 heterocycles. The molecule has 0 amide bonds. The highest BCUT2D eigenvalue weighted by molar-refractivity contribution is 7.26. The maximum atomic E-state index is 2.52. The summed E-state index contributed by atoms with van der Waals surface area (Å²) in [5, 5.41) is 8.21. The van der Waals surface area contributed by atoms with Gasteiger partial charge in [0.15, 0.2) is 8.07 Å². The minimum Gasteiger partial charge on any atom is -0.135 e. The first-order chi connectivity index (χ1) is 25.3. The van der Waals surface area contributed by atoms with Crippen LogP contribution in [0, 0.1) is 0 Å². The summed E-state index contributed by atoms with van der Waals surface area (Å²) in [5.74, 6) is 0. The molecule has 0 unspecified atom stereocenters. The smallest absolute Gasteiger partial charge is 0.135 e. The molecule has 1 aromatic heterocycles. The quantitative estimate of drug-likeness (QED) is 0.121. The Balaban J connectivity index is 1.22. The Morgan fingerprint density at radius 3 is 1.63 bits per heavy atom. The minimum atomic E-state index is -2.81. The molecular formula is C49H34SSi. The van der Waals surface area contributed by atoms with Gasteiger partial charge in [0.1, 0.15) is 0 Å². The maximum absolute atomic E-state index is 2.81. The van der Waals surface area contributed by atoms with E-state index in [4.69, 9.17) is 0 Å². The fourth-order valence-corrected chi connectivity index (χ4v) is 14.7. The van der Waals surface area contributed by atoms with E-state index in [1.54, 1.807) is 0 Å². The SMILES string of the molecule is c1ccc([Si](c2ccccc2)(c2cccc(-c3cccc4c3Cc3ccccc3-4)c2)c2cccc(-c3cccc4c3sc3ccccc34)c2)cc1. The molecular weight excluding hydrogens is 649 g/mol. The highest BCUT2D eigenvalue weighted by Crippen LogP contribution is 2.42. The lowest BCUT2D eigenvalue weighted by atomic mass is 9.96. The Bertz CT molecular complexity index is 2680. The Hall–Kier alpha value is -5.80. The summed E-state index contributed by atoms with van der Waals surface area (Å²) < 4.78 is 2.68. The molecule has 0 atom stereocenters. The van der Waals surface area contributed by atoms with Gasteiger partial charge in [0.05, 0.1) is 0 Å². The molecule has 9 aromatic rings. The van der Waals surface area contributed by atoms with Crippen LogP contribution in [0.4, 0.5) is 0 Å². The van der Waals surface area contributed by atoms with Gasteiger partial charge in [-0.3, -0.25) is 0 Å². The van der Waals surface area contributed by atoms with Crippen molar-refractivity contribution >= 4 is 60.3 Å². The van der Waals surface area contributed by atoms with E-state index in [-0.39, 0.29) is 0 Å². The van der Waals surface area contributed by atoms with Crippen LogP contribution in [0.3, 0.4) is 0 Å². The van der Waals surface area contributed by atoms with Gasteiger partial charge in [-0.25, -0.2) is 0 Å². The maximum Gasteiger partial charge on any atom is 0.179 e. The third-order valence-corrected chi connectivity index (χ3v) is 16.9. The van der Waals surface area contributed by atoms with Crippen molar-refractivity contribution in [3.05, 3.63) is 205 Å². The standard InChI is InChI=1S/C49H34SSi/c1-3-18-37(19-4-1)51(38-20-5-2-6-21-38,39-22-11-16-34(31-39)42-26-13-28-44-41-24-8-7-15-36(41)33-47(42)44)40-23-12-17-35(32-40)43-27-14-29-46-45-25-9-10-30-48(45)50-49(43)46/h1-32H,33H2. The van der Waals surface area contributed by atoms with Crippen molar-refractivity contribution in [3.63, 3.8) is 0 Å². The van der Waals surface area contributed by atoms with Gasteiger partial charge >= 0.3 is 0 Å². The van der Waals surface area contributed by atoms with Gasteiger partial charge in [0.2, 0.25) is 0 Å². The van der Waals surface area contributed by atoms with Crippen molar-refractivity contribution in [2.24, 2.45) is 0 Å². The molecule has 240 valence electrons. The van der Waals surface area contributed by atoms with Crippen molar-refractivity contribution < 1.29 is 0 Å². The third kappa shape index (κ3) is 4.79. The van der Waals surface area contributed by atoms with Crippen LogP contribution in [-0.2, 0) is 6.42 Å². The second-order valence-corrected chi connectivity index (χ2v) is 18.5. The molecule has 1 aliphatic rings. The van der Waals surface area contributed by atoms with Crippen molar-refractivity contribution in [3.8, 4) is 33.4 Å². The summed E-state index contributed by atoms with van der Waals surface area (Å²) in [4.78, 5) is 0. The van der Waals surface area contributed by atoms with Crippen LogP contribution < -0.4 is 20.7 Å². The average molecular weight is 683 g/mol. The summed E-state index contributed by atoms with van der Waals surface area (Å²) >= 11 is 1.90. The normalized spacial score (nSPS) is 12.2. The first-order valence-electron chi connectivity index (χ1n) is 17.7. The summed E-state index contributed by atoms with van der Waals surface area (Å²) in [6.07, 6.45) is 0.969. The second-order valence-electron chi connectivity index (χ2n) is 13.6. The second kappa shape index (κ2) is 12.2. The number of rotatable bonds is 6. The van der Waals surface area contributed by atoms with Crippen LogP contribution in [0.1, 0.15) is 11.1 Å². The van der Waals surface area contributed by atoms with E-state index in [9.17, 15) is 0 Å². The van der Waals surface area contributed by atoms with Crippen LogP contribution in [0.15, 0.2) is 194 Å². The molecule has 2 heteroatoms. The molecule has 0 N–H and O–H groups in total. The average Bonchev–Trinajstić information content (AvgIpc) is 3.78. The molecule has 0 spiro atoms. The number of hydrogen-bond donors (Lipinski definition) is 0. The predicted octanol–water partition coefficient (Wildman–Crippen LogP) is 10.3. The van der Waals surface area contributed by atoms with Crippen molar-refractivity contribution in [1.82, 2.24) is 0 Å². The molecule has 10 rings (SSSR count).